The summed E-state index contributed by atoms with van der Waals surface area (Å²) in [6.45, 7) is 9.78. The topological polar surface area (TPSA) is 13.0 Å². The Bertz CT molecular complexity index is 673. The summed E-state index contributed by atoms with van der Waals surface area (Å²) < 4.78 is 0. The van der Waals surface area contributed by atoms with Gasteiger partial charge in [-0.1, -0.05) is 51.4 Å². The van der Waals surface area contributed by atoms with Gasteiger partial charge in [-0.15, -0.1) is 0 Å². The van der Waals surface area contributed by atoms with Crippen molar-refractivity contribution in [1.29, 1.82) is 0 Å². The Balaban J connectivity index is 0.000000196. The minimum absolute atomic E-state index is 0. The van der Waals surface area contributed by atoms with Crippen molar-refractivity contribution in [3.8, 4) is 0 Å². The monoisotopic (exact) mass is 642 g/mol. The number of rotatable bonds is 0. The fourth-order valence-electron chi connectivity index (χ4n) is 10.6. The minimum Gasteiger partial charge on any atom is -0.298 e. The van der Waals surface area contributed by atoms with Gasteiger partial charge < -0.3 is 0 Å². The Morgan fingerprint density at radius 3 is 0.897 bits per heavy atom. The van der Waals surface area contributed by atoms with Gasteiger partial charge in [0.2, 0.25) is 0 Å². The zero-order valence-corrected chi connectivity index (χ0v) is 26.9. The van der Waals surface area contributed by atoms with E-state index in [2.05, 4.69) is 19.6 Å². The first-order valence-corrected chi connectivity index (χ1v) is 16.3. The first-order valence-electron chi connectivity index (χ1n) is 16.3. The number of fused-ring (bicyclic) bond motifs is 13. The van der Waals surface area contributed by atoms with Gasteiger partial charge in [-0.25, -0.2) is 0 Å². The SMILES string of the molecule is C1CCC2C(C1)CN1CCN2CC2CCCCC21.C1CCC2C(C1)CN1CN2CC2CCCCC21.[Ar].[Ar].[Ar].[Ar]. The van der Waals surface area contributed by atoms with Crippen LogP contribution < -0.4 is 0 Å². The number of hydrogen-bond donors (Lipinski definition) is 0. The molecule has 8 aliphatic rings. The van der Waals surface area contributed by atoms with Crippen molar-refractivity contribution in [3.63, 3.8) is 0 Å². The predicted octanol–water partition coefficient (Wildman–Crippen LogP) is 5.43. The normalized spacial score (nSPS) is 47.4. The third-order valence-corrected chi connectivity index (χ3v) is 12.3. The second-order valence-corrected chi connectivity index (χ2v) is 14.1. The Hall–Kier alpha value is 4.88. The molecule has 39 heavy (non-hydrogen) atoms. The van der Waals surface area contributed by atoms with Gasteiger partial charge in [0.05, 0.1) is 6.67 Å². The van der Waals surface area contributed by atoms with Gasteiger partial charge in [0.15, 0.2) is 0 Å². The van der Waals surface area contributed by atoms with Gasteiger partial charge in [0.1, 0.15) is 0 Å². The van der Waals surface area contributed by atoms with Crippen LogP contribution in [0.2, 0.25) is 0 Å². The van der Waals surface area contributed by atoms with Crippen molar-refractivity contribution in [2.75, 3.05) is 45.9 Å². The largest absolute Gasteiger partial charge is 0.298 e. The molecule has 8 rings (SSSR count). The third kappa shape index (κ3) is 8.87. The van der Waals surface area contributed by atoms with E-state index in [9.17, 15) is 0 Å². The maximum Gasteiger partial charge on any atom is 0.0512 e. The molecule has 0 spiro atoms. The molecule has 230 valence electrons. The van der Waals surface area contributed by atoms with Gasteiger partial charge in [-0.2, -0.15) is 0 Å². The molecule has 0 aromatic heterocycles. The first-order chi connectivity index (χ1) is 17.3. The molecule has 0 N–H and O–H groups in total. The summed E-state index contributed by atoms with van der Waals surface area (Å²) >= 11 is 0. The minimum atomic E-state index is 0. The Labute approximate surface area is 360 Å². The second-order valence-electron chi connectivity index (χ2n) is 14.1. The molecule has 4 heterocycles. The van der Waals surface area contributed by atoms with E-state index in [1.54, 1.807) is 0 Å². The second kappa shape index (κ2) is 18.4. The molecule has 0 aromatic carbocycles. The first kappa shape index (κ1) is 38.3. The van der Waals surface area contributed by atoms with Crippen molar-refractivity contribution in [2.45, 2.75) is 127 Å². The molecular formula is C31H54Ar4N4. The summed E-state index contributed by atoms with van der Waals surface area (Å²) in [5, 5.41) is 0. The van der Waals surface area contributed by atoms with E-state index in [-0.39, 0.29) is 151 Å². The summed E-state index contributed by atoms with van der Waals surface area (Å²) in [5.74, 6) is 4.04. The van der Waals surface area contributed by atoms with Gasteiger partial charge in [0, 0.05) is 214 Å². The molecule has 12 atom stereocenters. The molecule has 0 radical (unpaired) electrons. The fourth-order valence-corrected chi connectivity index (χ4v) is 10.6. The van der Waals surface area contributed by atoms with Crippen LogP contribution in [0.4, 0.5) is 0 Å². The van der Waals surface area contributed by atoms with E-state index in [1.807, 2.05) is 0 Å². The summed E-state index contributed by atoms with van der Waals surface area (Å²) in [6, 6.07) is 3.82. The average Bonchev–Trinajstić information content (AvgIpc) is 3.20. The van der Waals surface area contributed by atoms with Crippen molar-refractivity contribution >= 4 is 0 Å². The average molecular weight is 643 g/mol. The number of nitrogens with zero attached hydrogens (tertiary/aromatic N) is 4. The van der Waals surface area contributed by atoms with Gasteiger partial charge in [0.25, 0.3) is 0 Å². The van der Waals surface area contributed by atoms with Crippen molar-refractivity contribution in [3.05, 3.63) is 0 Å². The molecule has 0 amide bonds. The molecule has 8 fully saturated rings. The van der Waals surface area contributed by atoms with Crippen molar-refractivity contribution in [1.82, 2.24) is 19.6 Å². The quantitative estimate of drug-likeness (QED) is 0.350. The van der Waals surface area contributed by atoms with E-state index in [0.29, 0.717) is 0 Å². The molecule has 8 heteroatoms. The van der Waals surface area contributed by atoms with Crippen LogP contribution >= 0.6 is 0 Å². The summed E-state index contributed by atoms with van der Waals surface area (Å²) in [6.07, 6.45) is 24.0. The molecule has 4 saturated carbocycles. The Morgan fingerprint density at radius 1 is 0.308 bits per heavy atom. The smallest absolute Gasteiger partial charge is 0.0512 e. The van der Waals surface area contributed by atoms with Crippen LogP contribution in [-0.4, -0.2) is 89.7 Å². The predicted molar refractivity (Wildman–Crippen MR) is 144 cm³/mol. The van der Waals surface area contributed by atoms with Crippen LogP contribution in [-0.2, 0) is 0 Å². The molecule has 4 aliphatic heterocycles. The van der Waals surface area contributed by atoms with Gasteiger partial charge in [-0.05, 0) is 75.0 Å². The molecule has 4 nitrogen and oxygen atoms in total. The molecule has 4 aliphatic carbocycles. The van der Waals surface area contributed by atoms with E-state index in [0.717, 1.165) is 47.8 Å². The van der Waals surface area contributed by atoms with E-state index in [4.69, 9.17) is 0 Å². The fraction of sp³-hybridized carbons (Fsp3) is 1.00. The molecule has 12 unspecified atom stereocenters. The third-order valence-electron chi connectivity index (χ3n) is 12.3. The van der Waals surface area contributed by atoms with Crippen LogP contribution in [0.5, 0.6) is 0 Å². The molecule has 4 saturated heterocycles. The van der Waals surface area contributed by atoms with E-state index >= 15 is 0 Å². The van der Waals surface area contributed by atoms with Crippen LogP contribution in [0.15, 0.2) is 0 Å². The number of hydrogen-bond acceptors (Lipinski definition) is 4. The molecule has 4 bridgehead atoms. The standard InChI is InChI=1S/C16H28N2.C15H26N2.4Ar/c1-3-7-15-13(5-1)11-17-9-10-18(15)12-14-6-2-4-8-16(14)17;1-3-7-14-12(5-1)9-16-11-17(14)10-13-6-2-4-8-15(13)16;;;;/h13-16H,1-12H2;12-15H,1-11H2;;;;. The maximum atomic E-state index is 2.92. The molecular weight excluding hydrogens is 588 g/mol. The summed E-state index contributed by atoms with van der Waals surface area (Å²) in [4.78, 5) is 11.6. The van der Waals surface area contributed by atoms with Crippen LogP contribution in [0.25, 0.3) is 0 Å². The van der Waals surface area contributed by atoms with Crippen molar-refractivity contribution in [2.24, 2.45) is 23.7 Å². The maximum absolute atomic E-state index is 2.92. The summed E-state index contributed by atoms with van der Waals surface area (Å²) in [5.41, 5.74) is 0. The van der Waals surface area contributed by atoms with Crippen LogP contribution in [0.3, 0.4) is 0 Å². The Morgan fingerprint density at radius 2 is 0.564 bits per heavy atom. The van der Waals surface area contributed by atoms with E-state index in [1.165, 1.54) is 149 Å². The van der Waals surface area contributed by atoms with Crippen molar-refractivity contribution < 1.29 is 151 Å². The van der Waals surface area contributed by atoms with Crippen LogP contribution in [0, 0.1) is 175 Å². The Kier molecular flexibility index (Phi) is 18.1. The van der Waals surface area contributed by atoms with Gasteiger partial charge >= 0.3 is 0 Å². The molecule has 0 aromatic rings. The van der Waals surface area contributed by atoms with Crippen LogP contribution in [0.1, 0.15) is 103 Å². The summed E-state index contributed by atoms with van der Waals surface area (Å²) in [7, 11) is 0. The van der Waals surface area contributed by atoms with Gasteiger partial charge in [-0.3, -0.25) is 19.6 Å². The zero-order valence-electron chi connectivity index (χ0n) is 24.1. The van der Waals surface area contributed by atoms with E-state index < -0.39 is 0 Å². The zero-order chi connectivity index (χ0) is 23.2.